The first kappa shape index (κ1) is 9.75. The monoisotopic (exact) mass is 216 g/mol. The Labute approximate surface area is 92.5 Å². The maximum Gasteiger partial charge on any atom is 0.194 e. The lowest BCUT2D eigenvalue weighted by Crippen LogP contribution is -1.94. The second-order valence-corrected chi connectivity index (χ2v) is 3.32. The van der Waals surface area contributed by atoms with Gasteiger partial charge in [0.05, 0.1) is 5.39 Å². The fourth-order valence-corrected chi connectivity index (χ4v) is 1.52. The summed E-state index contributed by atoms with van der Waals surface area (Å²) >= 11 is 4.98. The minimum atomic E-state index is 0.225. The van der Waals surface area contributed by atoms with Crippen LogP contribution >= 0.6 is 12.2 Å². The maximum absolute atomic E-state index is 5.39. The van der Waals surface area contributed by atoms with Crippen LogP contribution in [0.4, 0.5) is 0 Å². The number of benzene rings is 1. The van der Waals surface area contributed by atoms with Crippen molar-refractivity contribution in [3.63, 3.8) is 0 Å². The fourth-order valence-electron chi connectivity index (χ4n) is 1.32. The molecule has 0 aliphatic heterocycles. The van der Waals surface area contributed by atoms with Gasteiger partial charge < -0.3 is 9.15 Å². The second-order valence-electron chi connectivity index (χ2n) is 2.92. The number of hydrogen-bond donors (Lipinski definition) is 0. The summed E-state index contributed by atoms with van der Waals surface area (Å²) in [5, 5.41) is 0.876. The molecule has 0 unspecified atom stereocenters. The Balaban J connectivity index is 2.62. The third-order valence-corrected chi connectivity index (χ3v) is 2.12. The molecule has 0 aliphatic carbocycles. The van der Waals surface area contributed by atoms with E-state index in [4.69, 9.17) is 27.8 Å². The molecule has 2 aromatic rings. The quantitative estimate of drug-likeness (QED) is 0.568. The van der Waals surface area contributed by atoms with Crippen LogP contribution in [-0.2, 0) is 0 Å². The number of ether oxygens (including phenoxy) is 1. The predicted molar refractivity (Wildman–Crippen MR) is 61.4 cm³/mol. The summed E-state index contributed by atoms with van der Waals surface area (Å²) in [6, 6.07) is 9.19. The highest BCUT2D eigenvalue weighted by atomic mass is 32.1. The highest BCUT2D eigenvalue weighted by Crippen LogP contribution is 2.25. The van der Waals surface area contributed by atoms with Gasteiger partial charge in [0.2, 0.25) is 0 Å². The molecule has 2 rings (SSSR count). The summed E-state index contributed by atoms with van der Waals surface area (Å²) in [4.78, 5) is 0. The van der Waals surface area contributed by atoms with E-state index in [1.165, 1.54) is 0 Å². The van der Waals surface area contributed by atoms with E-state index in [2.05, 4.69) is 5.92 Å². The molecular weight excluding hydrogens is 208 g/mol. The van der Waals surface area contributed by atoms with Gasteiger partial charge in [-0.15, -0.1) is 6.42 Å². The number of fused-ring (bicyclic) bond motifs is 1. The predicted octanol–water partition coefficient (Wildman–Crippen LogP) is 3.17. The minimum absolute atomic E-state index is 0.225. The van der Waals surface area contributed by atoms with Gasteiger partial charge in [0, 0.05) is 6.07 Å². The first-order valence-electron chi connectivity index (χ1n) is 4.40. The zero-order chi connectivity index (χ0) is 10.7. The average Bonchev–Trinajstić information content (AvgIpc) is 2.25. The topological polar surface area (TPSA) is 22.4 Å². The standard InChI is InChI=1S/C12H8O2S/c1-2-7-13-11-8-12(15)14-10-6-4-3-5-9(10)11/h1,3-6,8H,7H2. The molecule has 1 heterocycles. The van der Waals surface area contributed by atoms with Crippen LogP contribution in [-0.4, -0.2) is 6.61 Å². The summed E-state index contributed by atoms with van der Waals surface area (Å²) in [7, 11) is 0. The Morgan fingerprint density at radius 3 is 3.00 bits per heavy atom. The van der Waals surface area contributed by atoms with E-state index in [1.54, 1.807) is 6.07 Å². The summed E-state index contributed by atoms with van der Waals surface area (Å²) in [6.07, 6.45) is 5.13. The second kappa shape index (κ2) is 4.16. The molecule has 1 aromatic heterocycles. The van der Waals surface area contributed by atoms with Crippen molar-refractivity contribution in [2.75, 3.05) is 6.61 Å². The molecular formula is C12H8O2S. The largest absolute Gasteiger partial charge is 0.480 e. The van der Waals surface area contributed by atoms with Crippen molar-refractivity contribution < 1.29 is 9.15 Å². The van der Waals surface area contributed by atoms with E-state index < -0.39 is 0 Å². The third kappa shape index (κ3) is 2.00. The molecule has 74 valence electrons. The van der Waals surface area contributed by atoms with Gasteiger partial charge in [0.25, 0.3) is 0 Å². The zero-order valence-corrected chi connectivity index (χ0v) is 8.71. The Morgan fingerprint density at radius 1 is 1.40 bits per heavy atom. The van der Waals surface area contributed by atoms with Crippen LogP contribution < -0.4 is 4.74 Å². The van der Waals surface area contributed by atoms with Crippen molar-refractivity contribution in [2.45, 2.75) is 0 Å². The van der Waals surface area contributed by atoms with Crippen LogP contribution in [0.15, 0.2) is 34.7 Å². The van der Waals surface area contributed by atoms with Gasteiger partial charge in [0.1, 0.15) is 17.9 Å². The lowest BCUT2D eigenvalue weighted by atomic mass is 10.2. The Hall–Kier alpha value is -1.79. The van der Waals surface area contributed by atoms with Crippen LogP contribution in [0.3, 0.4) is 0 Å². The number of terminal acetylenes is 1. The van der Waals surface area contributed by atoms with Crippen LogP contribution in [0.2, 0.25) is 0 Å². The van der Waals surface area contributed by atoms with E-state index in [9.17, 15) is 0 Å². The zero-order valence-electron chi connectivity index (χ0n) is 7.90. The lowest BCUT2D eigenvalue weighted by molar-refractivity contribution is 0.371. The van der Waals surface area contributed by atoms with Crippen LogP contribution in [0.25, 0.3) is 11.0 Å². The molecule has 2 nitrogen and oxygen atoms in total. The van der Waals surface area contributed by atoms with E-state index >= 15 is 0 Å². The number of hydrogen-bond acceptors (Lipinski definition) is 3. The maximum atomic E-state index is 5.39. The molecule has 0 atom stereocenters. The SMILES string of the molecule is C#CCOc1cc(=S)oc2ccccc12. The Kier molecular flexibility index (Phi) is 2.70. The van der Waals surface area contributed by atoms with E-state index in [-0.39, 0.29) is 6.61 Å². The molecule has 15 heavy (non-hydrogen) atoms. The number of rotatable bonds is 2. The average molecular weight is 216 g/mol. The first-order valence-corrected chi connectivity index (χ1v) is 4.81. The summed E-state index contributed by atoms with van der Waals surface area (Å²) in [6.45, 7) is 0.225. The van der Waals surface area contributed by atoms with E-state index in [0.717, 1.165) is 5.39 Å². The Bertz CT molecular complexity index is 578. The Morgan fingerprint density at radius 2 is 2.20 bits per heavy atom. The molecule has 0 spiro atoms. The van der Waals surface area contributed by atoms with Crippen LogP contribution in [0, 0.1) is 17.1 Å². The molecule has 0 N–H and O–H groups in total. The van der Waals surface area contributed by atoms with Crippen molar-refractivity contribution in [3.8, 4) is 18.1 Å². The molecule has 0 aliphatic rings. The van der Waals surface area contributed by atoms with Crippen molar-refractivity contribution >= 4 is 23.2 Å². The van der Waals surface area contributed by atoms with Crippen molar-refractivity contribution in [1.29, 1.82) is 0 Å². The van der Waals surface area contributed by atoms with Crippen LogP contribution in [0.5, 0.6) is 5.75 Å². The van der Waals surface area contributed by atoms with Crippen molar-refractivity contribution in [1.82, 2.24) is 0 Å². The molecule has 3 heteroatoms. The highest BCUT2D eigenvalue weighted by Gasteiger charge is 2.03. The normalized spacial score (nSPS) is 9.80. The van der Waals surface area contributed by atoms with Crippen LogP contribution in [0.1, 0.15) is 0 Å². The van der Waals surface area contributed by atoms with Gasteiger partial charge in [-0.3, -0.25) is 0 Å². The lowest BCUT2D eigenvalue weighted by Gasteiger charge is -2.05. The fraction of sp³-hybridized carbons (Fsp3) is 0.0833. The van der Waals surface area contributed by atoms with E-state index in [0.29, 0.717) is 16.0 Å². The van der Waals surface area contributed by atoms with Crippen molar-refractivity contribution in [2.24, 2.45) is 0 Å². The smallest absolute Gasteiger partial charge is 0.194 e. The van der Waals surface area contributed by atoms with Gasteiger partial charge in [-0.1, -0.05) is 18.1 Å². The first-order chi connectivity index (χ1) is 7.31. The highest BCUT2D eigenvalue weighted by molar-refractivity contribution is 7.71. The summed E-state index contributed by atoms with van der Waals surface area (Å²) in [5.74, 6) is 3.08. The molecule has 1 aromatic carbocycles. The number of para-hydroxylation sites is 1. The molecule has 0 radical (unpaired) electrons. The van der Waals surface area contributed by atoms with Gasteiger partial charge in [-0.25, -0.2) is 0 Å². The summed E-state index contributed by atoms with van der Waals surface area (Å²) < 4.78 is 11.1. The third-order valence-electron chi connectivity index (χ3n) is 1.92. The molecule has 0 saturated carbocycles. The molecule has 0 amide bonds. The van der Waals surface area contributed by atoms with Gasteiger partial charge in [-0.2, -0.15) is 0 Å². The van der Waals surface area contributed by atoms with Gasteiger partial charge >= 0.3 is 0 Å². The minimum Gasteiger partial charge on any atom is -0.480 e. The van der Waals surface area contributed by atoms with Crippen molar-refractivity contribution in [3.05, 3.63) is 35.0 Å². The molecule has 0 saturated heterocycles. The van der Waals surface area contributed by atoms with E-state index in [1.807, 2.05) is 24.3 Å². The summed E-state index contributed by atoms with van der Waals surface area (Å²) in [5.41, 5.74) is 0.706. The van der Waals surface area contributed by atoms with Gasteiger partial charge in [0.15, 0.2) is 4.71 Å². The van der Waals surface area contributed by atoms with Gasteiger partial charge in [-0.05, 0) is 24.4 Å². The molecule has 0 fully saturated rings. The molecule has 0 bridgehead atoms.